The molecule has 0 bridgehead atoms. The van der Waals surface area contributed by atoms with Crippen molar-refractivity contribution >= 4 is 21.6 Å². The van der Waals surface area contributed by atoms with Gasteiger partial charge in [-0.2, -0.15) is 0 Å². The summed E-state index contributed by atoms with van der Waals surface area (Å²) < 4.78 is 42.0. The summed E-state index contributed by atoms with van der Waals surface area (Å²) >= 11 is 0. The highest BCUT2D eigenvalue weighted by atomic mass is 32.2. The first-order valence-corrected chi connectivity index (χ1v) is 11.3. The minimum atomic E-state index is -3.79. The maximum Gasteiger partial charge on any atom is 0.243 e. The molecule has 2 aromatic rings. The minimum absolute atomic E-state index is 0.225. The summed E-state index contributed by atoms with van der Waals surface area (Å²) in [6, 6.07) is 11.1. The third-order valence-electron chi connectivity index (χ3n) is 4.41. The smallest absolute Gasteiger partial charge is 0.243 e. The molecule has 0 spiro atoms. The van der Waals surface area contributed by atoms with Gasteiger partial charge < -0.3 is 19.5 Å². The van der Waals surface area contributed by atoms with Crippen LogP contribution in [0.15, 0.2) is 42.5 Å². The molecule has 30 heavy (non-hydrogen) atoms. The van der Waals surface area contributed by atoms with Crippen molar-refractivity contribution in [2.24, 2.45) is 0 Å². The molecule has 1 unspecified atom stereocenters. The van der Waals surface area contributed by atoms with E-state index in [1.165, 1.54) is 27.2 Å². The number of carbonyl (C=O) groups is 1. The Labute approximate surface area is 177 Å². The van der Waals surface area contributed by atoms with Gasteiger partial charge in [0.05, 0.1) is 32.8 Å². The van der Waals surface area contributed by atoms with E-state index in [0.717, 1.165) is 21.9 Å². The predicted molar refractivity (Wildman–Crippen MR) is 116 cm³/mol. The van der Waals surface area contributed by atoms with Gasteiger partial charge in [0, 0.05) is 12.6 Å². The van der Waals surface area contributed by atoms with Crippen LogP contribution in [-0.2, 0) is 21.4 Å². The van der Waals surface area contributed by atoms with Gasteiger partial charge in [0.25, 0.3) is 0 Å². The second-order valence-electron chi connectivity index (χ2n) is 6.57. The Balaban J connectivity index is 2.23. The summed E-state index contributed by atoms with van der Waals surface area (Å²) in [6.45, 7) is 4.25. The van der Waals surface area contributed by atoms with Crippen LogP contribution in [0.2, 0.25) is 0 Å². The van der Waals surface area contributed by atoms with E-state index in [-0.39, 0.29) is 12.2 Å². The van der Waals surface area contributed by atoms with Gasteiger partial charge in [-0.15, -0.1) is 0 Å². The highest BCUT2D eigenvalue weighted by molar-refractivity contribution is 7.92. The molecule has 0 aliphatic carbocycles. The van der Waals surface area contributed by atoms with Crippen molar-refractivity contribution in [3.63, 3.8) is 0 Å². The maximum atomic E-state index is 12.8. The number of methoxy groups -OCH3 is 2. The number of nitrogens with one attached hydrogen (secondary N) is 1. The number of ether oxygens (including phenoxy) is 3. The Morgan fingerprint density at radius 2 is 1.70 bits per heavy atom. The molecule has 8 nitrogen and oxygen atoms in total. The van der Waals surface area contributed by atoms with Gasteiger partial charge in [0.1, 0.15) is 23.3 Å². The number of amides is 1. The number of sulfonamides is 1. The van der Waals surface area contributed by atoms with Crippen LogP contribution in [0.3, 0.4) is 0 Å². The standard InChI is InChI=1S/C21H28N2O6S/c1-6-29-17-9-7-16(8-10-17)14-22-21(24)15(2)23(30(5,25)26)19-13-18(27-3)11-12-20(19)28-4/h7-13,15H,6,14H2,1-5H3,(H,22,24). The largest absolute Gasteiger partial charge is 0.497 e. The zero-order valence-electron chi connectivity index (χ0n) is 17.8. The van der Waals surface area contributed by atoms with Crippen molar-refractivity contribution in [3.8, 4) is 17.2 Å². The number of hydrogen-bond donors (Lipinski definition) is 1. The fourth-order valence-corrected chi connectivity index (χ4v) is 4.13. The Morgan fingerprint density at radius 3 is 2.23 bits per heavy atom. The zero-order valence-corrected chi connectivity index (χ0v) is 18.7. The molecule has 164 valence electrons. The summed E-state index contributed by atoms with van der Waals surface area (Å²) in [5, 5.41) is 2.78. The fraction of sp³-hybridized carbons (Fsp3) is 0.381. The van der Waals surface area contributed by atoms with E-state index in [9.17, 15) is 13.2 Å². The molecule has 1 amide bonds. The molecule has 0 radical (unpaired) electrons. The van der Waals surface area contributed by atoms with E-state index < -0.39 is 22.0 Å². The molecule has 0 saturated carbocycles. The molecule has 2 aromatic carbocycles. The molecular weight excluding hydrogens is 408 g/mol. The second-order valence-corrected chi connectivity index (χ2v) is 8.43. The van der Waals surface area contributed by atoms with Gasteiger partial charge in [-0.25, -0.2) is 8.42 Å². The van der Waals surface area contributed by atoms with Crippen molar-refractivity contribution in [2.75, 3.05) is 31.4 Å². The van der Waals surface area contributed by atoms with Gasteiger partial charge in [-0.05, 0) is 43.7 Å². The zero-order chi connectivity index (χ0) is 22.3. The molecule has 0 aliphatic rings. The van der Waals surface area contributed by atoms with E-state index in [2.05, 4.69) is 5.32 Å². The average Bonchev–Trinajstić information content (AvgIpc) is 2.72. The normalized spacial score (nSPS) is 12.0. The van der Waals surface area contributed by atoms with E-state index in [1.807, 2.05) is 31.2 Å². The second kappa shape index (κ2) is 10.2. The van der Waals surface area contributed by atoms with Crippen molar-refractivity contribution in [3.05, 3.63) is 48.0 Å². The van der Waals surface area contributed by atoms with Crippen LogP contribution >= 0.6 is 0 Å². The number of nitrogens with zero attached hydrogens (tertiary/aromatic N) is 1. The highest BCUT2D eigenvalue weighted by Crippen LogP contribution is 2.35. The number of carbonyl (C=O) groups excluding carboxylic acids is 1. The summed E-state index contributed by atoms with van der Waals surface area (Å²) in [7, 11) is -0.886. The SMILES string of the molecule is CCOc1ccc(CNC(=O)C(C)N(c2cc(OC)ccc2OC)S(C)(=O)=O)cc1. The van der Waals surface area contributed by atoms with Gasteiger partial charge in [0.15, 0.2) is 0 Å². The van der Waals surface area contributed by atoms with Crippen molar-refractivity contribution in [2.45, 2.75) is 26.4 Å². The lowest BCUT2D eigenvalue weighted by Gasteiger charge is -2.29. The predicted octanol–water partition coefficient (Wildman–Crippen LogP) is 2.57. The molecule has 2 rings (SSSR count). The lowest BCUT2D eigenvalue weighted by Crippen LogP contribution is -2.47. The average molecular weight is 437 g/mol. The molecule has 0 fully saturated rings. The van der Waals surface area contributed by atoms with Crippen molar-refractivity contribution in [1.82, 2.24) is 5.32 Å². The quantitative estimate of drug-likeness (QED) is 0.615. The number of benzene rings is 2. The summed E-state index contributed by atoms with van der Waals surface area (Å²) in [6.07, 6.45) is 1.04. The third-order valence-corrected chi connectivity index (χ3v) is 5.64. The Morgan fingerprint density at radius 1 is 1.07 bits per heavy atom. The minimum Gasteiger partial charge on any atom is -0.497 e. The number of hydrogen-bond acceptors (Lipinski definition) is 6. The first kappa shape index (κ1) is 23.3. The molecule has 0 heterocycles. The van der Waals surface area contributed by atoms with Gasteiger partial charge in [-0.1, -0.05) is 12.1 Å². The molecule has 0 aliphatic heterocycles. The van der Waals surface area contributed by atoms with Crippen LogP contribution in [0.1, 0.15) is 19.4 Å². The van der Waals surface area contributed by atoms with Crippen LogP contribution in [-0.4, -0.2) is 47.4 Å². The van der Waals surface area contributed by atoms with Crippen LogP contribution < -0.4 is 23.8 Å². The molecule has 0 aromatic heterocycles. The maximum absolute atomic E-state index is 12.8. The Hall–Kier alpha value is -2.94. The fourth-order valence-electron chi connectivity index (χ4n) is 2.96. The lowest BCUT2D eigenvalue weighted by atomic mass is 10.2. The van der Waals surface area contributed by atoms with Gasteiger partial charge in [-0.3, -0.25) is 9.10 Å². The monoisotopic (exact) mass is 436 g/mol. The van der Waals surface area contributed by atoms with Crippen LogP contribution in [0.4, 0.5) is 5.69 Å². The van der Waals surface area contributed by atoms with Crippen LogP contribution in [0.25, 0.3) is 0 Å². The summed E-state index contributed by atoms with van der Waals surface area (Å²) in [5.41, 5.74) is 1.09. The van der Waals surface area contributed by atoms with E-state index in [0.29, 0.717) is 18.1 Å². The summed E-state index contributed by atoms with van der Waals surface area (Å²) in [4.78, 5) is 12.8. The molecular formula is C21H28N2O6S. The first-order chi connectivity index (χ1) is 14.2. The first-order valence-electron chi connectivity index (χ1n) is 9.42. The van der Waals surface area contributed by atoms with Gasteiger partial charge >= 0.3 is 0 Å². The number of rotatable bonds is 10. The van der Waals surface area contributed by atoms with Crippen LogP contribution in [0.5, 0.6) is 17.2 Å². The lowest BCUT2D eigenvalue weighted by molar-refractivity contribution is -0.122. The van der Waals surface area contributed by atoms with Crippen molar-refractivity contribution in [1.29, 1.82) is 0 Å². The Bertz CT molecular complexity index is 960. The van der Waals surface area contributed by atoms with E-state index >= 15 is 0 Å². The molecule has 9 heteroatoms. The van der Waals surface area contributed by atoms with E-state index in [1.54, 1.807) is 12.1 Å². The van der Waals surface area contributed by atoms with E-state index in [4.69, 9.17) is 14.2 Å². The van der Waals surface area contributed by atoms with Crippen LogP contribution in [0, 0.1) is 0 Å². The number of anilines is 1. The molecule has 1 N–H and O–H groups in total. The Kier molecular flexibility index (Phi) is 7.93. The van der Waals surface area contributed by atoms with Crippen molar-refractivity contribution < 1.29 is 27.4 Å². The molecule has 0 saturated heterocycles. The highest BCUT2D eigenvalue weighted by Gasteiger charge is 2.31. The van der Waals surface area contributed by atoms with Gasteiger partial charge in [0.2, 0.25) is 15.9 Å². The topological polar surface area (TPSA) is 94.2 Å². The molecule has 1 atom stereocenters. The third kappa shape index (κ3) is 5.79. The summed E-state index contributed by atoms with van der Waals surface area (Å²) in [5.74, 6) is 1.06.